The van der Waals surface area contributed by atoms with Crippen LogP contribution in [0.1, 0.15) is 12.5 Å². The second kappa shape index (κ2) is 10.8. The minimum absolute atomic E-state index is 0.00659. The molecule has 3 rings (SSSR count). The molecule has 7 atom stereocenters. The van der Waals surface area contributed by atoms with Gasteiger partial charge in [-0.25, -0.2) is 9.78 Å². The second-order valence-electron chi connectivity index (χ2n) is 7.47. The van der Waals surface area contributed by atoms with Crippen LogP contribution in [-0.4, -0.2) is 110 Å². The van der Waals surface area contributed by atoms with E-state index in [-0.39, 0.29) is 30.0 Å². The number of carboxylic acid groups (broad SMARTS) is 1. The second-order valence-corrected chi connectivity index (χ2v) is 7.47. The quantitative estimate of drug-likeness (QED) is 0.171. The Bertz CT molecular complexity index is 1040. The predicted octanol–water partition coefficient (Wildman–Crippen LogP) is -4.32. The molecule has 0 aromatic carbocycles. The van der Waals surface area contributed by atoms with E-state index in [0.29, 0.717) is 17.6 Å². The number of imidazole rings is 1. The summed E-state index contributed by atoms with van der Waals surface area (Å²) in [6.07, 6.45) is -6.64. The molecule has 11 N–H and O–H groups in total. The van der Waals surface area contributed by atoms with Crippen LogP contribution in [0.3, 0.4) is 0 Å². The van der Waals surface area contributed by atoms with Gasteiger partial charge in [0.25, 0.3) is 5.56 Å². The zero-order valence-corrected chi connectivity index (χ0v) is 17.3. The summed E-state index contributed by atoms with van der Waals surface area (Å²) in [6, 6.07) is -0.263. The van der Waals surface area contributed by atoms with Gasteiger partial charge in [0, 0.05) is 5.92 Å². The van der Waals surface area contributed by atoms with Crippen LogP contribution in [0.5, 0.6) is 0 Å². The van der Waals surface area contributed by atoms with Gasteiger partial charge >= 0.3 is 5.97 Å². The van der Waals surface area contributed by atoms with Gasteiger partial charge in [-0.3, -0.25) is 9.78 Å². The Balaban J connectivity index is 0.000000260. The van der Waals surface area contributed by atoms with Crippen molar-refractivity contribution in [3.05, 3.63) is 28.8 Å². The highest BCUT2D eigenvalue weighted by Gasteiger charge is 2.38. The summed E-state index contributed by atoms with van der Waals surface area (Å²) in [5.74, 6) is -2.10. The van der Waals surface area contributed by atoms with E-state index in [0.717, 1.165) is 0 Å². The Kier molecular flexibility index (Phi) is 8.62. The maximum atomic E-state index is 11.7. The first-order chi connectivity index (χ1) is 15.4. The van der Waals surface area contributed by atoms with Crippen molar-refractivity contribution < 1.29 is 45.6 Å². The fourth-order valence-corrected chi connectivity index (χ4v) is 3.41. The smallest absolute Gasteiger partial charge is 0.335 e. The van der Waals surface area contributed by atoms with Crippen molar-refractivity contribution in [3.8, 4) is 0 Å². The number of H-pyrrole nitrogens is 1. The number of nitrogens with one attached hydrogen (secondary N) is 1. The van der Waals surface area contributed by atoms with E-state index in [1.54, 1.807) is 4.57 Å². The molecule has 0 radical (unpaired) electrons. The van der Waals surface area contributed by atoms with Crippen LogP contribution in [0.25, 0.3) is 11.2 Å². The van der Waals surface area contributed by atoms with Crippen LogP contribution >= 0.6 is 0 Å². The summed E-state index contributed by atoms with van der Waals surface area (Å²) in [7, 11) is 0. The van der Waals surface area contributed by atoms with Gasteiger partial charge < -0.3 is 51.2 Å². The summed E-state index contributed by atoms with van der Waals surface area (Å²) in [5.41, 5.74) is 6.37. The number of fused-ring (bicyclic) bond motifs is 1. The van der Waals surface area contributed by atoms with E-state index in [1.807, 2.05) is 0 Å². The molecule has 1 fully saturated rings. The molecule has 1 saturated carbocycles. The van der Waals surface area contributed by atoms with E-state index in [9.17, 15) is 19.8 Å². The number of aromatic nitrogens is 4. The molecule has 0 aliphatic heterocycles. The zero-order valence-electron chi connectivity index (χ0n) is 17.3. The highest BCUT2D eigenvalue weighted by molar-refractivity contribution is 5.72. The number of carbonyl (C=O) groups is 1. The maximum absolute atomic E-state index is 11.7. The Labute approximate surface area is 185 Å². The number of carboxylic acids is 1. The maximum Gasteiger partial charge on any atom is 0.335 e. The number of aliphatic hydroxyl groups excluding tert-OH is 7. The van der Waals surface area contributed by atoms with Crippen LogP contribution in [0.4, 0.5) is 5.95 Å². The van der Waals surface area contributed by atoms with Crippen LogP contribution in [-0.2, 0) is 4.79 Å². The molecule has 0 bridgehead atoms. The molecule has 0 amide bonds. The predicted molar refractivity (Wildman–Crippen MR) is 111 cm³/mol. The molecular formula is C18H27N5O10. The van der Waals surface area contributed by atoms with Crippen molar-refractivity contribution in [2.24, 2.45) is 5.92 Å². The summed E-state index contributed by atoms with van der Waals surface area (Å²) < 4.78 is 1.67. The van der Waals surface area contributed by atoms with Crippen molar-refractivity contribution >= 4 is 23.1 Å². The summed E-state index contributed by atoms with van der Waals surface area (Å²) in [6.45, 7) is 2.92. The first kappa shape index (κ1) is 26.3. The van der Waals surface area contributed by atoms with Crippen molar-refractivity contribution in [2.75, 3.05) is 18.9 Å². The van der Waals surface area contributed by atoms with Gasteiger partial charge in [0.1, 0.15) is 18.3 Å². The standard InChI is InChI=1S/C12H15N5O3.C6H12O7/c1-5-6(3-18)8(19)2-7(5)17-4-14-9-10(17)15-12(13)16-11(9)20;7-1-2(8)3(9)4(10)5(11)6(12)13/h4,6-8,18-19H,1-3H2,(H3,13,15,16,20);2-5,7-11H,1H2,(H,12,13)/t6-,7-,8-;/m0./s1. The normalized spacial score (nSPS) is 24.1. The SMILES string of the molecule is C=C1[C@H](CO)[C@@H](O)C[C@@H]1n1cnc2c(=O)[nH]c(N)nc21.O=C(O)C(O)C(O)C(O)C(O)CO. The zero-order chi connectivity index (χ0) is 25.0. The molecule has 4 unspecified atom stereocenters. The lowest BCUT2D eigenvalue weighted by molar-refractivity contribution is -0.164. The molecule has 184 valence electrons. The molecule has 1 aliphatic rings. The number of aliphatic carboxylic acids is 1. The van der Waals surface area contributed by atoms with E-state index in [1.165, 1.54) is 6.33 Å². The number of anilines is 1. The van der Waals surface area contributed by atoms with Crippen molar-refractivity contribution in [1.29, 1.82) is 0 Å². The molecule has 2 aromatic heterocycles. The van der Waals surface area contributed by atoms with Gasteiger partial charge in [-0.1, -0.05) is 6.58 Å². The van der Waals surface area contributed by atoms with Gasteiger partial charge in [0.15, 0.2) is 17.3 Å². The number of hydrogen-bond acceptors (Lipinski definition) is 12. The van der Waals surface area contributed by atoms with Gasteiger partial charge in [-0.15, -0.1) is 0 Å². The third kappa shape index (κ3) is 5.53. The minimum atomic E-state index is -2.20. The summed E-state index contributed by atoms with van der Waals surface area (Å²) in [4.78, 5) is 32.3. The molecule has 15 nitrogen and oxygen atoms in total. The van der Waals surface area contributed by atoms with Crippen LogP contribution in [0.15, 0.2) is 23.3 Å². The van der Waals surface area contributed by atoms with E-state index in [4.69, 9.17) is 36.4 Å². The number of nitrogens with two attached hydrogens (primary N) is 1. The van der Waals surface area contributed by atoms with Gasteiger partial charge in [-0.05, 0) is 12.0 Å². The first-order valence-corrected chi connectivity index (χ1v) is 9.70. The van der Waals surface area contributed by atoms with Crippen molar-refractivity contribution in [3.63, 3.8) is 0 Å². The molecule has 2 heterocycles. The first-order valence-electron chi connectivity index (χ1n) is 9.70. The van der Waals surface area contributed by atoms with Crippen molar-refractivity contribution in [2.45, 2.75) is 43.0 Å². The number of nitrogens with zero attached hydrogens (tertiary/aromatic N) is 3. The van der Waals surface area contributed by atoms with E-state index < -0.39 is 48.7 Å². The van der Waals surface area contributed by atoms with Gasteiger partial charge in [-0.2, -0.15) is 4.98 Å². The topological polar surface area (TPSA) is 268 Å². The average Bonchev–Trinajstić information content (AvgIpc) is 3.31. The molecule has 15 heteroatoms. The molecular weight excluding hydrogens is 446 g/mol. The third-order valence-electron chi connectivity index (χ3n) is 5.32. The van der Waals surface area contributed by atoms with Crippen LogP contribution in [0, 0.1) is 5.92 Å². The largest absolute Gasteiger partial charge is 0.479 e. The highest BCUT2D eigenvalue weighted by atomic mass is 16.4. The lowest BCUT2D eigenvalue weighted by Crippen LogP contribution is -2.48. The lowest BCUT2D eigenvalue weighted by atomic mass is 10.0. The fourth-order valence-electron chi connectivity index (χ4n) is 3.41. The van der Waals surface area contributed by atoms with Crippen molar-refractivity contribution in [1.82, 2.24) is 19.5 Å². The molecule has 2 aromatic rings. The third-order valence-corrected chi connectivity index (χ3v) is 5.32. The monoisotopic (exact) mass is 473 g/mol. The number of aromatic amines is 1. The molecule has 0 spiro atoms. The van der Waals surface area contributed by atoms with E-state index in [2.05, 4.69) is 21.5 Å². The van der Waals surface area contributed by atoms with Gasteiger partial charge in [0.2, 0.25) is 5.95 Å². The Hall–Kier alpha value is -2.92. The van der Waals surface area contributed by atoms with Crippen LogP contribution < -0.4 is 11.3 Å². The number of hydrogen-bond donors (Lipinski definition) is 10. The Morgan fingerprint density at radius 3 is 2.42 bits per heavy atom. The number of aliphatic hydroxyl groups is 7. The average molecular weight is 473 g/mol. The van der Waals surface area contributed by atoms with Crippen LogP contribution in [0.2, 0.25) is 0 Å². The molecule has 33 heavy (non-hydrogen) atoms. The Morgan fingerprint density at radius 1 is 1.27 bits per heavy atom. The highest BCUT2D eigenvalue weighted by Crippen LogP contribution is 2.39. The summed E-state index contributed by atoms with van der Waals surface area (Å²) in [5, 5.41) is 71.0. The van der Waals surface area contributed by atoms with Gasteiger partial charge in [0.05, 0.1) is 31.7 Å². The minimum Gasteiger partial charge on any atom is -0.479 e. The Morgan fingerprint density at radius 2 is 1.91 bits per heavy atom. The lowest BCUT2D eigenvalue weighted by Gasteiger charge is -2.23. The number of nitrogen functional groups attached to an aromatic ring is 1. The van der Waals surface area contributed by atoms with E-state index >= 15 is 0 Å². The molecule has 1 aliphatic carbocycles. The fraction of sp³-hybridized carbons (Fsp3) is 0.556. The molecule has 0 saturated heterocycles. The number of rotatable bonds is 7. The summed E-state index contributed by atoms with van der Waals surface area (Å²) >= 11 is 0.